The van der Waals surface area contributed by atoms with Gasteiger partial charge in [-0.25, -0.2) is 4.79 Å². The molecule has 1 aliphatic carbocycles. The Morgan fingerprint density at radius 2 is 1.58 bits per heavy atom. The summed E-state index contributed by atoms with van der Waals surface area (Å²) in [6.45, 7) is 7.80. The lowest BCUT2D eigenvalue weighted by molar-refractivity contribution is 0.0696. The Hall–Kier alpha value is -3.90. The van der Waals surface area contributed by atoms with E-state index in [9.17, 15) is 9.59 Å². The fraction of sp³-hybridized carbons (Fsp3) is 0.267. The lowest BCUT2D eigenvalue weighted by atomic mass is 9.72. The molecule has 1 amide bonds. The Labute approximate surface area is 211 Å². The van der Waals surface area contributed by atoms with E-state index in [-0.39, 0.29) is 16.9 Å². The van der Waals surface area contributed by atoms with Crippen LogP contribution in [0.25, 0.3) is 5.57 Å². The fourth-order valence-electron chi connectivity index (χ4n) is 4.93. The monoisotopic (exact) mass is 482 g/mol. The first-order chi connectivity index (χ1) is 17.3. The van der Waals surface area contributed by atoms with Crippen LogP contribution < -0.4 is 10.2 Å². The molecule has 0 radical (unpaired) electrons. The van der Waals surface area contributed by atoms with Gasteiger partial charge in [-0.05, 0) is 82.6 Å². The highest BCUT2D eigenvalue weighted by molar-refractivity contribution is 6.05. The van der Waals surface area contributed by atoms with E-state index in [2.05, 4.69) is 60.5 Å². The van der Waals surface area contributed by atoms with Crippen molar-refractivity contribution in [1.82, 2.24) is 0 Å². The van der Waals surface area contributed by atoms with Gasteiger partial charge >= 0.3 is 5.97 Å². The summed E-state index contributed by atoms with van der Waals surface area (Å²) in [5, 5.41) is 12.1. The maximum absolute atomic E-state index is 12.8. The minimum Gasteiger partial charge on any atom is -0.478 e. The minimum atomic E-state index is -1.02. The largest absolute Gasteiger partial charge is 0.478 e. The second kappa shape index (κ2) is 9.63. The SMILES string of the molecule is CC1(C)CC=C(c2ccc(N3CCOCC3)cc2)c2cc(NC(=O)c3ccc(C(=O)O)cc3)ccc21. The van der Waals surface area contributed by atoms with Gasteiger partial charge in [-0.3, -0.25) is 4.79 Å². The number of carbonyl (C=O) groups excluding carboxylic acids is 1. The molecule has 36 heavy (non-hydrogen) atoms. The highest BCUT2D eigenvalue weighted by atomic mass is 16.5. The molecule has 1 fully saturated rings. The molecule has 1 heterocycles. The number of aromatic carboxylic acids is 1. The number of ether oxygens (including phenoxy) is 1. The standard InChI is InChI=1S/C30H30N2O4/c1-30(2)14-13-25(20-7-10-24(11-8-20)32-15-17-36-18-16-32)26-19-23(9-12-27(26)30)31-28(33)21-3-5-22(6-4-21)29(34)35/h3-13,19H,14-18H2,1-2H3,(H,31,33)(H,34,35). The third-order valence-electron chi connectivity index (χ3n) is 7.06. The molecule has 0 saturated carbocycles. The first-order valence-corrected chi connectivity index (χ1v) is 12.2. The first-order valence-electron chi connectivity index (χ1n) is 12.2. The predicted molar refractivity (Wildman–Crippen MR) is 142 cm³/mol. The Kier molecular flexibility index (Phi) is 6.37. The highest BCUT2D eigenvalue weighted by Crippen LogP contribution is 2.42. The van der Waals surface area contributed by atoms with Crippen LogP contribution in [0.3, 0.4) is 0 Å². The van der Waals surface area contributed by atoms with Crippen LogP contribution in [0, 0.1) is 0 Å². The van der Waals surface area contributed by atoms with E-state index in [1.807, 2.05) is 12.1 Å². The smallest absolute Gasteiger partial charge is 0.335 e. The van der Waals surface area contributed by atoms with Crippen LogP contribution in [0.1, 0.15) is 57.7 Å². The Balaban J connectivity index is 1.41. The lowest BCUT2D eigenvalue weighted by Gasteiger charge is -2.33. The summed E-state index contributed by atoms with van der Waals surface area (Å²) in [5.74, 6) is -1.29. The minimum absolute atomic E-state index is 0.0121. The number of nitrogens with zero attached hydrogens (tertiary/aromatic N) is 1. The number of fused-ring (bicyclic) bond motifs is 1. The topological polar surface area (TPSA) is 78.9 Å². The number of anilines is 2. The number of carboxylic acid groups (broad SMARTS) is 1. The molecular formula is C30H30N2O4. The van der Waals surface area contributed by atoms with Gasteiger partial charge in [0.25, 0.3) is 5.91 Å². The van der Waals surface area contributed by atoms with Crippen molar-refractivity contribution in [2.45, 2.75) is 25.7 Å². The van der Waals surface area contributed by atoms with E-state index in [0.717, 1.165) is 43.9 Å². The van der Waals surface area contributed by atoms with Crippen molar-refractivity contribution in [2.24, 2.45) is 0 Å². The van der Waals surface area contributed by atoms with Crippen LogP contribution in [0.2, 0.25) is 0 Å². The number of allylic oxidation sites excluding steroid dienone is 1. The molecule has 5 rings (SSSR count). The molecule has 1 aliphatic heterocycles. The van der Waals surface area contributed by atoms with Gasteiger partial charge in [0.15, 0.2) is 0 Å². The van der Waals surface area contributed by atoms with Crippen molar-refractivity contribution in [1.29, 1.82) is 0 Å². The van der Waals surface area contributed by atoms with Crippen molar-refractivity contribution < 1.29 is 19.4 Å². The molecule has 1 saturated heterocycles. The van der Waals surface area contributed by atoms with Gasteiger partial charge in [-0.2, -0.15) is 0 Å². The number of hydrogen-bond donors (Lipinski definition) is 2. The molecule has 0 atom stereocenters. The van der Waals surface area contributed by atoms with E-state index >= 15 is 0 Å². The summed E-state index contributed by atoms with van der Waals surface area (Å²) in [6, 6.07) is 20.7. The van der Waals surface area contributed by atoms with Crippen molar-refractivity contribution in [3.05, 3.63) is 101 Å². The van der Waals surface area contributed by atoms with E-state index in [0.29, 0.717) is 11.3 Å². The molecule has 0 bridgehead atoms. The second-order valence-electron chi connectivity index (χ2n) is 9.95. The summed E-state index contributed by atoms with van der Waals surface area (Å²) in [7, 11) is 0. The zero-order chi connectivity index (χ0) is 25.3. The van der Waals surface area contributed by atoms with Crippen molar-refractivity contribution in [3.8, 4) is 0 Å². The van der Waals surface area contributed by atoms with E-state index in [1.54, 1.807) is 0 Å². The number of morpholine rings is 1. The molecule has 2 N–H and O–H groups in total. The van der Waals surface area contributed by atoms with E-state index in [1.165, 1.54) is 41.1 Å². The van der Waals surface area contributed by atoms with Gasteiger partial charge in [0, 0.05) is 30.0 Å². The van der Waals surface area contributed by atoms with Crippen LogP contribution in [-0.2, 0) is 10.2 Å². The van der Waals surface area contributed by atoms with Gasteiger partial charge in [-0.15, -0.1) is 0 Å². The number of carbonyl (C=O) groups is 2. The normalized spacial score (nSPS) is 16.6. The summed E-state index contributed by atoms with van der Waals surface area (Å²) >= 11 is 0. The fourth-order valence-corrected chi connectivity index (χ4v) is 4.93. The maximum Gasteiger partial charge on any atom is 0.335 e. The number of carboxylic acids is 1. The molecule has 184 valence electrons. The van der Waals surface area contributed by atoms with Gasteiger partial charge < -0.3 is 20.1 Å². The molecule has 6 heteroatoms. The molecule has 0 unspecified atom stereocenters. The molecule has 6 nitrogen and oxygen atoms in total. The lowest BCUT2D eigenvalue weighted by Crippen LogP contribution is -2.36. The number of amides is 1. The van der Waals surface area contributed by atoms with Crippen LogP contribution in [0.15, 0.2) is 72.8 Å². The van der Waals surface area contributed by atoms with Crippen LogP contribution in [-0.4, -0.2) is 43.3 Å². The van der Waals surface area contributed by atoms with Crippen molar-refractivity contribution >= 4 is 28.8 Å². The Morgan fingerprint density at radius 1 is 0.917 bits per heavy atom. The molecular weight excluding hydrogens is 452 g/mol. The Morgan fingerprint density at radius 3 is 2.25 bits per heavy atom. The average molecular weight is 483 g/mol. The van der Waals surface area contributed by atoms with Gasteiger partial charge in [-0.1, -0.05) is 38.1 Å². The molecule has 0 aromatic heterocycles. The maximum atomic E-state index is 12.8. The number of rotatable bonds is 5. The molecule has 2 aliphatic rings. The third kappa shape index (κ3) is 4.77. The quantitative estimate of drug-likeness (QED) is 0.496. The van der Waals surface area contributed by atoms with E-state index < -0.39 is 5.97 Å². The molecule has 0 spiro atoms. The Bertz CT molecular complexity index is 1320. The molecule has 3 aromatic carbocycles. The van der Waals surface area contributed by atoms with E-state index in [4.69, 9.17) is 9.84 Å². The summed E-state index contributed by atoms with van der Waals surface area (Å²) in [4.78, 5) is 26.3. The highest BCUT2D eigenvalue weighted by Gasteiger charge is 2.29. The first kappa shape index (κ1) is 23.8. The number of nitrogens with one attached hydrogen (secondary N) is 1. The number of benzene rings is 3. The van der Waals surface area contributed by atoms with Crippen LogP contribution >= 0.6 is 0 Å². The van der Waals surface area contributed by atoms with Crippen LogP contribution in [0.5, 0.6) is 0 Å². The zero-order valence-corrected chi connectivity index (χ0v) is 20.6. The molecule has 3 aromatic rings. The predicted octanol–water partition coefficient (Wildman–Crippen LogP) is 5.59. The summed E-state index contributed by atoms with van der Waals surface area (Å²) in [6.07, 6.45) is 3.23. The third-order valence-corrected chi connectivity index (χ3v) is 7.06. The summed E-state index contributed by atoms with van der Waals surface area (Å²) < 4.78 is 5.48. The van der Waals surface area contributed by atoms with Gasteiger partial charge in [0.2, 0.25) is 0 Å². The van der Waals surface area contributed by atoms with Gasteiger partial charge in [0.05, 0.1) is 18.8 Å². The second-order valence-corrected chi connectivity index (χ2v) is 9.95. The zero-order valence-electron chi connectivity index (χ0n) is 20.6. The van der Waals surface area contributed by atoms with Crippen molar-refractivity contribution in [2.75, 3.05) is 36.5 Å². The summed E-state index contributed by atoms with van der Waals surface area (Å²) in [5.41, 5.74) is 7.14. The van der Waals surface area contributed by atoms with Crippen molar-refractivity contribution in [3.63, 3.8) is 0 Å². The van der Waals surface area contributed by atoms with Crippen LogP contribution in [0.4, 0.5) is 11.4 Å². The van der Waals surface area contributed by atoms with Gasteiger partial charge in [0.1, 0.15) is 0 Å². The average Bonchev–Trinajstić information content (AvgIpc) is 2.89. The number of hydrogen-bond acceptors (Lipinski definition) is 4.